The first-order valence-electron chi connectivity index (χ1n) is 7.09. The summed E-state index contributed by atoms with van der Waals surface area (Å²) in [4.78, 5) is 14.4. The lowest BCUT2D eigenvalue weighted by atomic mass is 10.1. The minimum atomic E-state index is 0.198. The van der Waals surface area contributed by atoms with Crippen LogP contribution in [-0.2, 0) is 11.2 Å². The fourth-order valence-electron chi connectivity index (χ4n) is 3.19. The van der Waals surface area contributed by atoms with Crippen molar-refractivity contribution in [1.29, 1.82) is 0 Å². The Bertz CT molecular complexity index is 464. The summed E-state index contributed by atoms with van der Waals surface area (Å²) in [5.74, 6) is 0.962. The molecule has 1 aromatic rings. The van der Waals surface area contributed by atoms with Crippen molar-refractivity contribution in [1.82, 2.24) is 15.4 Å². The molecule has 0 aromatic carbocycles. The van der Waals surface area contributed by atoms with Crippen molar-refractivity contribution in [2.75, 3.05) is 13.1 Å². The van der Waals surface area contributed by atoms with Crippen LogP contribution < -0.4 is 5.32 Å². The summed E-state index contributed by atoms with van der Waals surface area (Å²) in [6.45, 7) is 5.48. The predicted octanol–water partition coefficient (Wildman–Crippen LogP) is 1.19. The number of hydrogen-bond donors (Lipinski definition) is 1. The van der Waals surface area contributed by atoms with E-state index < -0.39 is 0 Å². The third-order valence-electron chi connectivity index (χ3n) is 4.39. The molecule has 5 heteroatoms. The first-order valence-corrected chi connectivity index (χ1v) is 7.09. The van der Waals surface area contributed by atoms with Crippen LogP contribution in [0.5, 0.6) is 0 Å². The summed E-state index contributed by atoms with van der Waals surface area (Å²) >= 11 is 0. The quantitative estimate of drug-likeness (QED) is 0.870. The average Bonchev–Trinajstić information content (AvgIpc) is 2.85. The van der Waals surface area contributed by atoms with Crippen LogP contribution in [0.4, 0.5) is 0 Å². The first-order chi connectivity index (χ1) is 9.13. The van der Waals surface area contributed by atoms with E-state index in [2.05, 4.69) is 10.5 Å². The molecule has 2 saturated heterocycles. The molecule has 2 fully saturated rings. The van der Waals surface area contributed by atoms with Crippen molar-refractivity contribution in [2.45, 2.75) is 51.6 Å². The van der Waals surface area contributed by atoms with Gasteiger partial charge in [0.15, 0.2) is 0 Å². The van der Waals surface area contributed by atoms with Gasteiger partial charge < -0.3 is 14.7 Å². The van der Waals surface area contributed by atoms with Gasteiger partial charge in [-0.1, -0.05) is 5.16 Å². The molecule has 0 aliphatic carbocycles. The van der Waals surface area contributed by atoms with E-state index in [0.29, 0.717) is 18.5 Å². The molecular formula is C14H21N3O2. The number of carbonyl (C=O) groups is 1. The maximum absolute atomic E-state index is 12.4. The zero-order valence-corrected chi connectivity index (χ0v) is 11.6. The monoisotopic (exact) mass is 263 g/mol. The Hall–Kier alpha value is -1.36. The standard InChI is InChI=1S/C14H21N3O2/c1-9-13(10(2)19-16-9)7-14(18)17-6-5-11-3-4-12(8-17)15-11/h11-12,15H,3-8H2,1-2H3. The number of fused-ring (bicyclic) bond motifs is 2. The summed E-state index contributed by atoms with van der Waals surface area (Å²) in [6, 6.07) is 1.10. The number of aromatic nitrogens is 1. The van der Waals surface area contributed by atoms with Crippen molar-refractivity contribution in [3.63, 3.8) is 0 Å². The molecule has 104 valence electrons. The van der Waals surface area contributed by atoms with Crippen molar-refractivity contribution in [2.24, 2.45) is 0 Å². The Labute approximate surface area is 113 Å². The van der Waals surface area contributed by atoms with Gasteiger partial charge in [-0.2, -0.15) is 0 Å². The molecule has 5 nitrogen and oxygen atoms in total. The van der Waals surface area contributed by atoms with Crippen molar-refractivity contribution in [3.05, 3.63) is 17.0 Å². The highest BCUT2D eigenvalue weighted by atomic mass is 16.5. The zero-order chi connectivity index (χ0) is 13.4. The van der Waals surface area contributed by atoms with Crippen LogP contribution in [0.1, 0.15) is 36.3 Å². The van der Waals surface area contributed by atoms with Gasteiger partial charge in [-0.15, -0.1) is 0 Å². The van der Waals surface area contributed by atoms with Crippen molar-refractivity contribution >= 4 is 5.91 Å². The number of likely N-dealkylation sites (tertiary alicyclic amines) is 1. The fraction of sp³-hybridized carbons (Fsp3) is 0.714. The van der Waals surface area contributed by atoms with E-state index in [1.165, 1.54) is 12.8 Å². The number of nitrogens with one attached hydrogen (secondary N) is 1. The lowest BCUT2D eigenvalue weighted by Crippen LogP contribution is -2.39. The largest absolute Gasteiger partial charge is 0.361 e. The lowest BCUT2D eigenvalue weighted by molar-refractivity contribution is -0.130. The second-order valence-corrected chi connectivity index (χ2v) is 5.75. The highest BCUT2D eigenvalue weighted by Crippen LogP contribution is 2.21. The van der Waals surface area contributed by atoms with Crippen LogP contribution >= 0.6 is 0 Å². The third-order valence-corrected chi connectivity index (χ3v) is 4.39. The number of hydrogen-bond acceptors (Lipinski definition) is 4. The van der Waals surface area contributed by atoms with Gasteiger partial charge in [-0.05, 0) is 33.1 Å². The van der Waals surface area contributed by atoms with Crippen molar-refractivity contribution < 1.29 is 9.32 Å². The Balaban J connectivity index is 1.67. The number of rotatable bonds is 2. The predicted molar refractivity (Wildman–Crippen MR) is 70.8 cm³/mol. The van der Waals surface area contributed by atoms with Gasteiger partial charge >= 0.3 is 0 Å². The van der Waals surface area contributed by atoms with E-state index in [4.69, 9.17) is 4.52 Å². The second-order valence-electron chi connectivity index (χ2n) is 5.75. The van der Waals surface area contributed by atoms with E-state index >= 15 is 0 Å². The van der Waals surface area contributed by atoms with Gasteiger partial charge in [0.25, 0.3) is 0 Å². The molecule has 1 aromatic heterocycles. The number of amides is 1. The van der Waals surface area contributed by atoms with Crippen LogP contribution in [-0.4, -0.2) is 41.1 Å². The molecule has 2 bridgehead atoms. The van der Waals surface area contributed by atoms with Crippen LogP contribution in [0.15, 0.2) is 4.52 Å². The molecular weight excluding hydrogens is 242 g/mol. The number of carbonyl (C=O) groups excluding carboxylic acids is 1. The molecule has 2 aliphatic rings. The topological polar surface area (TPSA) is 58.4 Å². The molecule has 0 saturated carbocycles. The normalized spacial score (nSPS) is 26.5. The smallest absolute Gasteiger partial charge is 0.227 e. The van der Waals surface area contributed by atoms with Crippen LogP contribution in [0.3, 0.4) is 0 Å². The van der Waals surface area contributed by atoms with Gasteiger partial charge in [0, 0.05) is 30.7 Å². The zero-order valence-electron chi connectivity index (χ0n) is 11.6. The number of aryl methyl sites for hydroxylation is 2. The minimum Gasteiger partial charge on any atom is -0.361 e. The Kier molecular flexibility index (Phi) is 3.31. The van der Waals surface area contributed by atoms with E-state index in [0.717, 1.165) is 36.5 Å². The Morgan fingerprint density at radius 1 is 1.37 bits per heavy atom. The van der Waals surface area contributed by atoms with Crippen LogP contribution in [0.25, 0.3) is 0 Å². The molecule has 0 spiro atoms. The molecule has 3 heterocycles. The van der Waals surface area contributed by atoms with Crippen molar-refractivity contribution in [3.8, 4) is 0 Å². The fourth-order valence-corrected chi connectivity index (χ4v) is 3.19. The van der Waals surface area contributed by atoms with E-state index in [9.17, 15) is 4.79 Å². The molecule has 1 amide bonds. The van der Waals surface area contributed by atoms with Gasteiger partial charge in [0.2, 0.25) is 5.91 Å². The van der Waals surface area contributed by atoms with Gasteiger partial charge in [0.1, 0.15) is 5.76 Å². The summed E-state index contributed by atoms with van der Waals surface area (Å²) < 4.78 is 5.12. The van der Waals surface area contributed by atoms with Gasteiger partial charge in [0.05, 0.1) is 12.1 Å². The van der Waals surface area contributed by atoms with Crippen LogP contribution in [0, 0.1) is 13.8 Å². The molecule has 2 atom stereocenters. The average molecular weight is 263 g/mol. The van der Waals surface area contributed by atoms with E-state index in [-0.39, 0.29) is 5.91 Å². The Morgan fingerprint density at radius 2 is 2.16 bits per heavy atom. The molecule has 19 heavy (non-hydrogen) atoms. The SMILES string of the molecule is Cc1noc(C)c1CC(=O)N1CCC2CCC(C1)N2. The highest BCUT2D eigenvalue weighted by molar-refractivity contribution is 5.79. The molecule has 0 radical (unpaired) electrons. The molecule has 2 unspecified atom stereocenters. The highest BCUT2D eigenvalue weighted by Gasteiger charge is 2.31. The maximum atomic E-state index is 12.4. The summed E-state index contributed by atoms with van der Waals surface area (Å²) in [7, 11) is 0. The summed E-state index contributed by atoms with van der Waals surface area (Å²) in [5.41, 5.74) is 1.78. The summed E-state index contributed by atoms with van der Waals surface area (Å²) in [6.07, 6.45) is 3.94. The molecule has 1 N–H and O–H groups in total. The first kappa shape index (κ1) is 12.7. The maximum Gasteiger partial charge on any atom is 0.227 e. The van der Waals surface area contributed by atoms with Crippen LogP contribution in [0.2, 0.25) is 0 Å². The lowest BCUT2D eigenvalue weighted by Gasteiger charge is -2.24. The van der Waals surface area contributed by atoms with Gasteiger partial charge in [-0.3, -0.25) is 4.79 Å². The number of nitrogens with zero attached hydrogens (tertiary/aromatic N) is 2. The summed E-state index contributed by atoms with van der Waals surface area (Å²) in [5, 5.41) is 7.51. The second kappa shape index (κ2) is 4.96. The molecule has 2 aliphatic heterocycles. The van der Waals surface area contributed by atoms with E-state index in [1.807, 2.05) is 18.7 Å². The van der Waals surface area contributed by atoms with E-state index in [1.54, 1.807) is 0 Å². The minimum absolute atomic E-state index is 0.198. The molecule has 3 rings (SSSR count). The third kappa shape index (κ3) is 2.52. The van der Waals surface area contributed by atoms with Gasteiger partial charge in [-0.25, -0.2) is 0 Å². The Morgan fingerprint density at radius 3 is 2.89 bits per heavy atom.